The lowest BCUT2D eigenvalue weighted by Gasteiger charge is -2.32. The van der Waals surface area contributed by atoms with Crippen LogP contribution in [0.4, 0.5) is 8.78 Å². The lowest BCUT2D eigenvalue weighted by molar-refractivity contribution is -0.0497. The molecule has 1 aliphatic rings. The molecule has 0 N–H and O–H groups in total. The Bertz CT molecular complexity index is 1170. The van der Waals surface area contributed by atoms with Crippen molar-refractivity contribution in [2.24, 2.45) is 5.92 Å². The van der Waals surface area contributed by atoms with Gasteiger partial charge in [-0.1, -0.05) is 36.5 Å². The minimum absolute atomic E-state index is 0.0743. The quantitative estimate of drug-likeness (QED) is 0.364. The Balaban J connectivity index is 1.63. The maximum atomic E-state index is 13.2. The van der Waals surface area contributed by atoms with Crippen LogP contribution in [0.25, 0.3) is 10.9 Å². The summed E-state index contributed by atoms with van der Waals surface area (Å²) in [5, 5.41) is 1.59. The normalized spacial score (nSPS) is 14.9. The zero-order valence-corrected chi connectivity index (χ0v) is 20.1. The molecule has 3 aromatic rings. The van der Waals surface area contributed by atoms with Crippen LogP contribution in [0.5, 0.6) is 5.75 Å². The van der Waals surface area contributed by atoms with Crippen LogP contribution in [0.1, 0.15) is 47.7 Å². The topological polar surface area (TPSA) is 34.5 Å². The smallest absolute Gasteiger partial charge is 0.387 e. The molecule has 4 rings (SSSR count). The van der Waals surface area contributed by atoms with Crippen molar-refractivity contribution in [3.05, 3.63) is 63.3 Å². The van der Waals surface area contributed by atoms with Crippen molar-refractivity contribution >= 4 is 40.0 Å². The second-order valence-corrected chi connectivity index (χ2v) is 9.32. The number of amides is 1. The molecule has 0 atom stereocenters. The van der Waals surface area contributed by atoms with Gasteiger partial charge in [-0.25, -0.2) is 0 Å². The molecule has 0 aliphatic carbocycles. The third-order valence-electron chi connectivity index (χ3n) is 6.47. The number of halogens is 4. The molecule has 1 saturated heterocycles. The van der Waals surface area contributed by atoms with E-state index in [-0.39, 0.29) is 11.7 Å². The number of carbonyl (C=O) groups excluding carboxylic acids is 1. The van der Waals surface area contributed by atoms with E-state index in [1.54, 1.807) is 24.3 Å². The highest BCUT2D eigenvalue weighted by Crippen LogP contribution is 2.33. The summed E-state index contributed by atoms with van der Waals surface area (Å²) in [5.74, 6) is 0.709. The number of aromatic nitrogens is 1. The third-order valence-corrected chi connectivity index (χ3v) is 7.26. The maximum Gasteiger partial charge on any atom is 0.387 e. The van der Waals surface area contributed by atoms with Gasteiger partial charge in [0.1, 0.15) is 5.75 Å². The molecule has 1 amide bonds. The summed E-state index contributed by atoms with van der Waals surface area (Å²) >= 11 is 13.2. The molecule has 0 saturated carbocycles. The van der Waals surface area contributed by atoms with Crippen molar-refractivity contribution in [2.45, 2.75) is 46.3 Å². The van der Waals surface area contributed by atoms with E-state index >= 15 is 0 Å². The number of likely N-dealkylation sites (tertiary alicyclic amines) is 1. The Kier molecular flexibility index (Phi) is 7.15. The highest BCUT2D eigenvalue weighted by Gasteiger charge is 2.26. The fourth-order valence-corrected chi connectivity index (χ4v) is 5.20. The number of hydrogen-bond acceptors (Lipinski definition) is 2. The van der Waals surface area contributed by atoms with Gasteiger partial charge in [0.2, 0.25) is 0 Å². The number of fused-ring (bicyclic) bond motifs is 1. The van der Waals surface area contributed by atoms with Gasteiger partial charge in [0.25, 0.3) is 5.91 Å². The molecule has 0 spiro atoms. The number of alkyl halides is 2. The average Bonchev–Trinajstić information content (AvgIpc) is 3.19. The van der Waals surface area contributed by atoms with Gasteiger partial charge < -0.3 is 14.2 Å². The second-order valence-electron chi connectivity index (χ2n) is 8.53. The largest absolute Gasteiger partial charge is 0.435 e. The van der Waals surface area contributed by atoms with Crippen LogP contribution in [-0.4, -0.2) is 35.1 Å². The monoisotopic (exact) mass is 494 g/mol. The lowest BCUT2D eigenvalue weighted by atomic mass is 9.94. The molecule has 2 heterocycles. The van der Waals surface area contributed by atoms with Crippen LogP contribution in [-0.2, 0) is 6.54 Å². The van der Waals surface area contributed by atoms with Crippen LogP contribution < -0.4 is 4.74 Å². The first-order chi connectivity index (χ1) is 15.8. The molecule has 1 fully saturated rings. The van der Waals surface area contributed by atoms with E-state index in [1.807, 2.05) is 28.7 Å². The molecular formula is C25H26Cl2F2N2O2. The number of nitrogens with zero attached hydrogens (tertiary/aromatic N) is 2. The Morgan fingerprint density at radius 2 is 1.91 bits per heavy atom. The molecule has 33 heavy (non-hydrogen) atoms. The molecule has 0 bridgehead atoms. The molecule has 0 radical (unpaired) electrons. The van der Waals surface area contributed by atoms with Gasteiger partial charge in [0.05, 0.1) is 22.6 Å². The molecule has 4 nitrogen and oxygen atoms in total. The number of piperidine rings is 1. The van der Waals surface area contributed by atoms with Gasteiger partial charge in [-0.05, 0) is 61.6 Å². The summed E-state index contributed by atoms with van der Waals surface area (Å²) < 4.78 is 31.7. The van der Waals surface area contributed by atoms with E-state index in [0.717, 1.165) is 48.8 Å². The van der Waals surface area contributed by atoms with Crippen LogP contribution >= 0.6 is 23.2 Å². The number of ether oxygens (including phenoxy) is 1. The van der Waals surface area contributed by atoms with E-state index in [0.29, 0.717) is 33.6 Å². The van der Waals surface area contributed by atoms with E-state index in [4.69, 9.17) is 23.2 Å². The minimum atomic E-state index is -2.88. The van der Waals surface area contributed by atoms with Gasteiger partial charge in [0.15, 0.2) is 0 Å². The fraction of sp³-hybridized carbons (Fsp3) is 0.400. The molecule has 2 aromatic carbocycles. The number of hydrogen-bond donors (Lipinski definition) is 0. The predicted molar refractivity (Wildman–Crippen MR) is 128 cm³/mol. The summed E-state index contributed by atoms with van der Waals surface area (Å²) in [6.07, 6.45) is 4.99. The second kappa shape index (κ2) is 9.90. The predicted octanol–water partition coefficient (Wildman–Crippen LogP) is 7.17. The Morgan fingerprint density at radius 1 is 1.18 bits per heavy atom. The highest BCUT2D eigenvalue weighted by molar-refractivity contribution is 6.38. The standard InChI is InChI=1S/C25H26Cl2F2N2O2/c1-3-16-6-9-30(10-7-16)24(32)19-4-5-21(26)20(22(19)27)14-31-11-8-17-13-18(33-25(28)29)12-15(2)23(17)31/h4-5,8,11-13,16,25H,3,6-7,9-10,14H2,1-2H3. The number of benzene rings is 2. The molecule has 0 unspecified atom stereocenters. The average molecular weight is 495 g/mol. The van der Waals surface area contributed by atoms with Crippen molar-refractivity contribution in [1.29, 1.82) is 0 Å². The van der Waals surface area contributed by atoms with Crippen molar-refractivity contribution in [3.63, 3.8) is 0 Å². The Labute approximate surface area is 202 Å². The van der Waals surface area contributed by atoms with Crippen molar-refractivity contribution in [3.8, 4) is 5.75 Å². The van der Waals surface area contributed by atoms with Gasteiger partial charge in [-0.3, -0.25) is 4.79 Å². The first kappa shape index (κ1) is 23.8. The molecular weight excluding hydrogens is 469 g/mol. The molecule has 176 valence electrons. The van der Waals surface area contributed by atoms with E-state index in [1.165, 1.54) is 0 Å². The van der Waals surface area contributed by atoms with E-state index < -0.39 is 6.61 Å². The van der Waals surface area contributed by atoms with E-state index in [2.05, 4.69) is 11.7 Å². The van der Waals surface area contributed by atoms with Crippen LogP contribution in [0, 0.1) is 12.8 Å². The zero-order valence-electron chi connectivity index (χ0n) is 18.6. The molecule has 8 heteroatoms. The van der Waals surface area contributed by atoms with Gasteiger partial charge in [0, 0.05) is 35.3 Å². The Morgan fingerprint density at radius 3 is 2.58 bits per heavy atom. The van der Waals surface area contributed by atoms with Crippen molar-refractivity contribution < 1.29 is 18.3 Å². The number of rotatable bonds is 6. The van der Waals surface area contributed by atoms with Gasteiger partial charge in [-0.15, -0.1) is 0 Å². The summed E-state index contributed by atoms with van der Waals surface area (Å²) in [6, 6.07) is 8.38. The van der Waals surface area contributed by atoms with Crippen LogP contribution in [0.3, 0.4) is 0 Å². The fourth-order valence-electron chi connectivity index (χ4n) is 4.63. The summed E-state index contributed by atoms with van der Waals surface area (Å²) in [4.78, 5) is 15.1. The SMILES string of the molecule is CCC1CCN(C(=O)c2ccc(Cl)c(Cn3ccc4cc(OC(F)F)cc(C)c43)c2Cl)CC1. The lowest BCUT2D eigenvalue weighted by Crippen LogP contribution is -2.38. The Hall–Kier alpha value is -2.31. The van der Waals surface area contributed by atoms with Gasteiger partial charge >= 0.3 is 6.61 Å². The summed E-state index contributed by atoms with van der Waals surface area (Å²) in [7, 11) is 0. The van der Waals surface area contributed by atoms with Crippen molar-refractivity contribution in [2.75, 3.05) is 13.1 Å². The highest BCUT2D eigenvalue weighted by atomic mass is 35.5. The number of aryl methyl sites for hydroxylation is 1. The summed E-state index contributed by atoms with van der Waals surface area (Å²) in [6.45, 7) is 2.95. The maximum absolute atomic E-state index is 13.2. The van der Waals surface area contributed by atoms with E-state index in [9.17, 15) is 13.6 Å². The first-order valence-corrected chi connectivity index (χ1v) is 11.8. The van der Waals surface area contributed by atoms with Gasteiger partial charge in [-0.2, -0.15) is 8.78 Å². The van der Waals surface area contributed by atoms with Crippen LogP contribution in [0.2, 0.25) is 10.0 Å². The third kappa shape index (κ3) is 4.97. The zero-order chi connectivity index (χ0) is 23.7. The summed E-state index contributed by atoms with van der Waals surface area (Å²) in [5.41, 5.74) is 2.75. The number of carbonyl (C=O) groups is 1. The van der Waals surface area contributed by atoms with Crippen molar-refractivity contribution in [1.82, 2.24) is 9.47 Å². The minimum Gasteiger partial charge on any atom is -0.435 e. The molecule has 1 aromatic heterocycles. The molecule has 1 aliphatic heterocycles. The van der Waals surface area contributed by atoms with Crippen LogP contribution in [0.15, 0.2) is 36.5 Å². The first-order valence-electron chi connectivity index (χ1n) is 11.1.